The number of alkyl halides is 7. The standard InChI is InChI=1S/C21H15BrClF7N4O3/c1-8-11(17(36-3)33-9(2)32-8)6-34-7-31-16(20(26,27)19(24)25)15(18(34)35)37-13-5-10(21(28,29)30)4-12(22)14(13)23/h4-5,7,19H,6H2,1-3H3. The predicted molar refractivity (Wildman–Crippen MR) is 120 cm³/mol. The van der Waals surface area contributed by atoms with E-state index in [1.54, 1.807) is 13.8 Å². The molecule has 7 nitrogen and oxygen atoms in total. The molecule has 0 atom stereocenters. The molecule has 0 saturated heterocycles. The van der Waals surface area contributed by atoms with Gasteiger partial charge in [0.25, 0.3) is 5.56 Å². The van der Waals surface area contributed by atoms with Crippen LogP contribution in [0, 0.1) is 13.8 Å². The second kappa shape index (κ2) is 10.4. The molecule has 16 heteroatoms. The van der Waals surface area contributed by atoms with Crippen molar-refractivity contribution in [2.75, 3.05) is 7.11 Å². The van der Waals surface area contributed by atoms with Crippen LogP contribution >= 0.6 is 27.5 Å². The van der Waals surface area contributed by atoms with E-state index >= 15 is 0 Å². The summed E-state index contributed by atoms with van der Waals surface area (Å²) in [5.74, 6) is -7.00. The van der Waals surface area contributed by atoms with E-state index in [1.165, 1.54) is 7.11 Å². The fourth-order valence-corrected chi connectivity index (χ4v) is 3.74. The van der Waals surface area contributed by atoms with Crippen LogP contribution in [0.5, 0.6) is 17.4 Å². The Morgan fingerprint density at radius 1 is 1.14 bits per heavy atom. The number of ether oxygens (including phenoxy) is 2. The van der Waals surface area contributed by atoms with Gasteiger partial charge in [0.1, 0.15) is 11.6 Å². The predicted octanol–water partition coefficient (Wildman–Crippen LogP) is 6.29. The molecule has 0 radical (unpaired) electrons. The number of benzene rings is 1. The summed E-state index contributed by atoms with van der Waals surface area (Å²) in [4.78, 5) is 24.7. The summed E-state index contributed by atoms with van der Waals surface area (Å²) in [6.07, 6.45) is -8.69. The Morgan fingerprint density at radius 2 is 1.78 bits per heavy atom. The van der Waals surface area contributed by atoms with Gasteiger partial charge in [-0.15, -0.1) is 0 Å². The first-order valence-corrected chi connectivity index (χ1v) is 11.1. The Balaban J connectivity index is 2.24. The Hall–Kier alpha value is -2.94. The fourth-order valence-electron chi connectivity index (χ4n) is 3.15. The molecule has 0 aliphatic heterocycles. The lowest BCUT2D eigenvalue weighted by Gasteiger charge is -2.20. The monoisotopic (exact) mass is 618 g/mol. The fraction of sp³-hybridized carbons (Fsp3) is 0.333. The maximum Gasteiger partial charge on any atom is 0.416 e. The summed E-state index contributed by atoms with van der Waals surface area (Å²) in [5.41, 5.74) is -3.97. The summed E-state index contributed by atoms with van der Waals surface area (Å²) in [5, 5.41) is -0.543. The second-order valence-electron chi connectivity index (χ2n) is 7.49. The maximum atomic E-state index is 14.4. The highest BCUT2D eigenvalue weighted by molar-refractivity contribution is 9.10. The lowest BCUT2D eigenvalue weighted by Crippen LogP contribution is -2.32. The van der Waals surface area contributed by atoms with Gasteiger partial charge in [0.05, 0.1) is 36.1 Å². The van der Waals surface area contributed by atoms with Crippen LogP contribution in [0.3, 0.4) is 0 Å². The summed E-state index contributed by atoms with van der Waals surface area (Å²) in [7, 11) is 1.28. The summed E-state index contributed by atoms with van der Waals surface area (Å²) in [6.45, 7) is 2.68. The molecule has 0 spiro atoms. The van der Waals surface area contributed by atoms with Crippen LogP contribution in [0.1, 0.15) is 28.3 Å². The van der Waals surface area contributed by atoms with Gasteiger partial charge in [-0.1, -0.05) is 11.6 Å². The van der Waals surface area contributed by atoms with Crippen molar-refractivity contribution in [3.8, 4) is 17.4 Å². The van der Waals surface area contributed by atoms with Gasteiger partial charge >= 0.3 is 18.5 Å². The van der Waals surface area contributed by atoms with Gasteiger partial charge < -0.3 is 9.47 Å². The zero-order chi connectivity index (χ0) is 27.9. The molecule has 0 unspecified atom stereocenters. The second-order valence-corrected chi connectivity index (χ2v) is 8.73. The minimum atomic E-state index is -5.00. The number of hydrogen-bond donors (Lipinski definition) is 0. The van der Waals surface area contributed by atoms with E-state index < -0.39 is 58.4 Å². The van der Waals surface area contributed by atoms with Crippen molar-refractivity contribution in [1.29, 1.82) is 0 Å². The van der Waals surface area contributed by atoms with E-state index in [2.05, 4.69) is 30.9 Å². The third-order valence-electron chi connectivity index (χ3n) is 4.93. The average Bonchev–Trinajstić information content (AvgIpc) is 2.79. The van der Waals surface area contributed by atoms with Crippen molar-refractivity contribution in [3.63, 3.8) is 0 Å². The van der Waals surface area contributed by atoms with Gasteiger partial charge in [-0.25, -0.2) is 18.7 Å². The van der Waals surface area contributed by atoms with E-state index in [4.69, 9.17) is 21.1 Å². The van der Waals surface area contributed by atoms with E-state index in [0.717, 1.165) is 0 Å². The SMILES string of the molecule is COc1nc(C)nc(C)c1Cn1cnc(C(F)(F)C(F)F)c(Oc2cc(C(F)(F)F)cc(Br)c2Cl)c1=O. The van der Waals surface area contributed by atoms with Crippen molar-refractivity contribution in [2.24, 2.45) is 0 Å². The van der Waals surface area contributed by atoms with Crippen molar-refractivity contribution in [1.82, 2.24) is 19.5 Å². The largest absolute Gasteiger partial charge is 0.481 e. The Bertz CT molecular complexity index is 1400. The smallest absolute Gasteiger partial charge is 0.416 e. The molecule has 0 amide bonds. The van der Waals surface area contributed by atoms with Gasteiger partial charge in [0, 0.05) is 10.2 Å². The van der Waals surface area contributed by atoms with Crippen molar-refractivity contribution < 1.29 is 40.2 Å². The zero-order valence-corrected chi connectivity index (χ0v) is 21.3. The lowest BCUT2D eigenvalue weighted by atomic mass is 10.2. The van der Waals surface area contributed by atoms with Crippen molar-refractivity contribution in [2.45, 2.75) is 38.9 Å². The zero-order valence-electron chi connectivity index (χ0n) is 18.9. The molecule has 200 valence electrons. The number of methoxy groups -OCH3 is 1. The van der Waals surface area contributed by atoms with Crippen LogP contribution < -0.4 is 15.0 Å². The molecular formula is C21H15BrClF7N4O3. The highest BCUT2D eigenvalue weighted by Gasteiger charge is 2.48. The average molecular weight is 620 g/mol. The maximum absolute atomic E-state index is 14.4. The first kappa shape index (κ1) is 28.6. The van der Waals surface area contributed by atoms with E-state index in [1.807, 2.05) is 0 Å². The van der Waals surface area contributed by atoms with Gasteiger partial charge in [-0.05, 0) is 41.9 Å². The van der Waals surface area contributed by atoms with Crippen LogP contribution in [-0.2, 0) is 18.6 Å². The van der Waals surface area contributed by atoms with Gasteiger partial charge in [0.15, 0.2) is 5.69 Å². The lowest BCUT2D eigenvalue weighted by molar-refractivity contribution is -0.139. The third kappa shape index (κ3) is 5.81. The van der Waals surface area contributed by atoms with E-state index in [0.29, 0.717) is 34.5 Å². The molecule has 0 saturated carbocycles. The number of halogens is 9. The third-order valence-corrected chi connectivity index (χ3v) is 6.17. The Kier molecular flexibility index (Phi) is 8.08. The van der Waals surface area contributed by atoms with Crippen LogP contribution in [0.15, 0.2) is 27.7 Å². The summed E-state index contributed by atoms with van der Waals surface area (Å²) in [6, 6.07) is 0.910. The molecule has 0 N–H and O–H groups in total. The number of nitrogens with zero attached hydrogens (tertiary/aromatic N) is 4. The summed E-state index contributed by atoms with van der Waals surface area (Å²) < 4.78 is 105. The highest BCUT2D eigenvalue weighted by Crippen LogP contribution is 2.43. The number of rotatable bonds is 7. The van der Waals surface area contributed by atoms with Crippen LogP contribution in [-0.4, -0.2) is 33.1 Å². The molecule has 0 fully saturated rings. The molecule has 37 heavy (non-hydrogen) atoms. The molecule has 1 aromatic carbocycles. The molecule has 3 aromatic rings. The quantitative estimate of drug-likeness (QED) is 0.289. The van der Waals surface area contributed by atoms with Crippen molar-refractivity contribution >= 4 is 27.5 Å². The van der Waals surface area contributed by atoms with Gasteiger partial charge in [-0.2, -0.15) is 26.9 Å². The van der Waals surface area contributed by atoms with Crippen LogP contribution in [0.2, 0.25) is 5.02 Å². The highest BCUT2D eigenvalue weighted by atomic mass is 79.9. The molecule has 3 rings (SSSR count). The van der Waals surface area contributed by atoms with Crippen LogP contribution in [0.25, 0.3) is 0 Å². The minimum Gasteiger partial charge on any atom is -0.481 e. The summed E-state index contributed by atoms with van der Waals surface area (Å²) >= 11 is 8.74. The Morgan fingerprint density at radius 3 is 2.35 bits per heavy atom. The number of aromatic nitrogens is 4. The molecular weight excluding hydrogens is 605 g/mol. The van der Waals surface area contributed by atoms with Gasteiger partial charge in [0.2, 0.25) is 11.6 Å². The van der Waals surface area contributed by atoms with Crippen LogP contribution in [0.4, 0.5) is 30.7 Å². The first-order valence-electron chi connectivity index (χ1n) is 9.96. The molecule has 2 aromatic heterocycles. The molecule has 0 aliphatic rings. The first-order chi connectivity index (χ1) is 17.1. The molecule has 0 aliphatic carbocycles. The van der Waals surface area contributed by atoms with E-state index in [9.17, 15) is 35.5 Å². The number of hydrogen-bond acceptors (Lipinski definition) is 6. The molecule has 0 bridgehead atoms. The van der Waals surface area contributed by atoms with Gasteiger partial charge in [-0.3, -0.25) is 9.36 Å². The van der Waals surface area contributed by atoms with Crippen molar-refractivity contribution in [3.05, 3.63) is 66.6 Å². The molecule has 2 heterocycles. The normalized spacial score (nSPS) is 12.2. The minimum absolute atomic E-state index is 0.0335. The number of aryl methyl sites for hydroxylation is 2. The van der Waals surface area contributed by atoms with E-state index in [-0.39, 0.29) is 15.9 Å². The Labute approximate surface area is 217 Å². The topological polar surface area (TPSA) is 79.1 Å².